The van der Waals surface area contributed by atoms with Gasteiger partial charge in [-0.05, 0) is 70.9 Å². The fraction of sp³-hybridized carbons (Fsp3) is 0.423. The van der Waals surface area contributed by atoms with Crippen LogP contribution in [-0.2, 0) is 14.3 Å². The SMILES string of the molecule is COc1ccc(NC(=O)C(c2ccccc2O)N(C(=O)C(C)NC(=O)OC(C)(C)C)C2CC2)cc1. The van der Waals surface area contributed by atoms with Crippen LogP contribution in [-0.4, -0.2) is 52.7 Å². The smallest absolute Gasteiger partial charge is 0.408 e. The number of para-hydroxylation sites is 1. The van der Waals surface area contributed by atoms with Crippen molar-refractivity contribution in [1.82, 2.24) is 10.2 Å². The Morgan fingerprint density at radius 1 is 1.06 bits per heavy atom. The van der Waals surface area contributed by atoms with E-state index in [0.717, 1.165) is 0 Å². The first-order chi connectivity index (χ1) is 16.5. The summed E-state index contributed by atoms with van der Waals surface area (Å²) >= 11 is 0. The molecular weight excluding hydrogens is 450 g/mol. The average molecular weight is 484 g/mol. The standard InChI is InChI=1S/C26H33N3O6/c1-16(27-25(33)35-26(2,3)4)24(32)29(18-12-13-18)22(20-8-6-7-9-21(20)30)23(31)28-17-10-14-19(34-5)15-11-17/h6-11,14-16,18,22,30H,12-13H2,1-5H3,(H,27,33)(H,28,31). The summed E-state index contributed by atoms with van der Waals surface area (Å²) in [5, 5.41) is 16.0. The van der Waals surface area contributed by atoms with E-state index in [9.17, 15) is 19.5 Å². The molecule has 9 heteroatoms. The molecule has 1 aliphatic carbocycles. The molecule has 9 nitrogen and oxygen atoms in total. The Hall–Kier alpha value is -3.75. The number of nitrogens with one attached hydrogen (secondary N) is 2. The number of amides is 3. The van der Waals surface area contributed by atoms with Crippen LogP contribution in [0.4, 0.5) is 10.5 Å². The third-order valence-electron chi connectivity index (χ3n) is 5.41. The molecule has 35 heavy (non-hydrogen) atoms. The largest absolute Gasteiger partial charge is 0.508 e. The maximum absolute atomic E-state index is 13.6. The van der Waals surface area contributed by atoms with Gasteiger partial charge in [0.15, 0.2) is 0 Å². The van der Waals surface area contributed by atoms with E-state index < -0.39 is 35.6 Å². The lowest BCUT2D eigenvalue weighted by molar-refractivity contribution is -0.141. The van der Waals surface area contributed by atoms with Gasteiger partial charge in [-0.15, -0.1) is 0 Å². The van der Waals surface area contributed by atoms with Crippen LogP contribution in [0.5, 0.6) is 11.5 Å². The quantitative estimate of drug-likeness (QED) is 0.523. The normalized spacial score (nSPS) is 14.9. The zero-order valence-corrected chi connectivity index (χ0v) is 20.7. The van der Waals surface area contributed by atoms with E-state index >= 15 is 0 Å². The molecule has 0 radical (unpaired) electrons. The highest BCUT2D eigenvalue weighted by Gasteiger charge is 2.44. The van der Waals surface area contributed by atoms with Crippen molar-refractivity contribution >= 4 is 23.6 Å². The van der Waals surface area contributed by atoms with Gasteiger partial charge in [-0.1, -0.05) is 18.2 Å². The predicted molar refractivity (Wildman–Crippen MR) is 131 cm³/mol. The summed E-state index contributed by atoms with van der Waals surface area (Å²) < 4.78 is 10.4. The molecule has 0 heterocycles. The van der Waals surface area contributed by atoms with Crippen LogP contribution < -0.4 is 15.4 Å². The van der Waals surface area contributed by atoms with E-state index in [1.807, 2.05) is 0 Å². The van der Waals surface area contributed by atoms with E-state index in [0.29, 0.717) is 29.8 Å². The number of phenolic OH excluding ortho intramolecular Hbond substituents is 1. The monoisotopic (exact) mass is 483 g/mol. The van der Waals surface area contributed by atoms with Crippen molar-refractivity contribution in [2.24, 2.45) is 0 Å². The molecule has 2 aromatic carbocycles. The molecule has 2 atom stereocenters. The summed E-state index contributed by atoms with van der Waals surface area (Å²) in [5.41, 5.74) is 0.0854. The van der Waals surface area contributed by atoms with E-state index in [1.165, 1.54) is 11.0 Å². The first-order valence-electron chi connectivity index (χ1n) is 11.5. The number of rotatable bonds is 8. The molecule has 2 aromatic rings. The molecular formula is C26H33N3O6. The number of carbonyl (C=O) groups excluding carboxylic acids is 3. The van der Waals surface area contributed by atoms with Crippen molar-refractivity contribution in [3.05, 3.63) is 54.1 Å². The summed E-state index contributed by atoms with van der Waals surface area (Å²) in [6.45, 7) is 6.73. The van der Waals surface area contributed by atoms with Gasteiger partial charge >= 0.3 is 6.09 Å². The van der Waals surface area contributed by atoms with Crippen LogP contribution in [0.25, 0.3) is 0 Å². The molecule has 3 amide bonds. The Morgan fingerprint density at radius 3 is 2.23 bits per heavy atom. The Balaban J connectivity index is 1.90. The molecule has 0 bridgehead atoms. The summed E-state index contributed by atoms with van der Waals surface area (Å²) in [7, 11) is 1.55. The zero-order valence-electron chi connectivity index (χ0n) is 20.7. The molecule has 3 N–H and O–H groups in total. The molecule has 1 aliphatic rings. The number of alkyl carbamates (subject to hydrolysis) is 1. The molecule has 0 spiro atoms. The van der Waals surface area contributed by atoms with Gasteiger partial charge in [0, 0.05) is 17.3 Å². The summed E-state index contributed by atoms with van der Waals surface area (Å²) in [4.78, 5) is 40.9. The second kappa shape index (κ2) is 10.7. The number of phenols is 1. The maximum Gasteiger partial charge on any atom is 0.408 e. The van der Waals surface area contributed by atoms with Crippen molar-refractivity contribution in [2.75, 3.05) is 12.4 Å². The third kappa shape index (κ3) is 6.88. The van der Waals surface area contributed by atoms with Crippen LogP contribution in [0.1, 0.15) is 52.1 Å². The molecule has 3 rings (SSSR count). The highest BCUT2D eigenvalue weighted by Crippen LogP contribution is 2.38. The molecule has 2 unspecified atom stereocenters. The molecule has 188 valence electrons. The minimum absolute atomic E-state index is 0.103. The first kappa shape index (κ1) is 25.9. The predicted octanol–water partition coefficient (Wildman–Crippen LogP) is 3.98. The fourth-order valence-corrected chi connectivity index (χ4v) is 3.66. The summed E-state index contributed by atoms with van der Waals surface area (Å²) in [6.07, 6.45) is 0.700. The Bertz CT molecular complexity index is 1060. The van der Waals surface area contributed by atoms with Crippen LogP contribution in [0.15, 0.2) is 48.5 Å². The highest BCUT2D eigenvalue weighted by molar-refractivity contribution is 5.99. The van der Waals surface area contributed by atoms with Gasteiger partial charge in [0.2, 0.25) is 5.91 Å². The minimum atomic E-state index is -1.11. The van der Waals surface area contributed by atoms with Crippen molar-refractivity contribution in [3.63, 3.8) is 0 Å². The maximum atomic E-state index is 13.6. The van der Waals surface area contributed by atoms with E-state index in [2.05, 4.69) is 10.6 Å². The highest BCUT2D eigenvalue weighted by atomic mass is 16.6. The van der Waals surface area contributed by atoms with Gasteiger partial charge in [-0.2, -0.15) is 0 Å². The van der Waals surface area contributed by atoms with Crippen LogP contribution in [0.2, 0.25) is 0 Å². The molecule has 1 saturated carbocycles. The fourth-order valence-electron chi connectivity index (χ4n) is 3.66. The number of aromatic hydroxyl groups is 1. The lowest BCUT2D eigenvalue weighted by Crippen LogP contribution is -2.52. The van der Waals surface area contributed by atoms with Gasteiger partial charge in [-0.3, -0.25) is 9.59 Å². The van der Waals surface area contributed by atoms with Gasteiger partial charge in [0.25, 0.3) is 5.91 Å². The second-order valence-electron chi connectivity index (χ2n) is 9.52. The van der Waals surface area contributed by atoms with Crippen molar-refractivity contribution in [2.45, 2.75) is 64.3 Å². The summed E-state index contributed by atoms with van der Waals surface area (Å²) in [6, 6.07) is 11.0. The van der Waals surface area contributed by atoms with Gasteiger partial charge in [0.1, 0.15) is 29.2 Å². The second-order valence-corrected chi connectivity index (χ2v) is 9.52. The number of nitrogens with zero attached hydrogens (tertiary/aromatic N) is 1. The van der Waals surface area contributed by atoms with E-state index in [1.54, 1.807) is 77.3 Å². The lowest BCUT2D eigenvalue weighted by atomic mass is 10.0. The van der Waals surface area contributed by atoms with Crippen molar-refractivity contribution in [3.8, 4) is 11.5 Å². The molecule has 0 aliphatic heterocycles. The molecule has 0 aromatic heterocycles. The van der Waals surface area contributed by atoms with Crippen molar-refractivity contribution in [1.29, 1.82) is 0 Å². The molecule has 0 saturated heterocycles. The number of methoxy groups -OCH3 is 1. The number of anilines is 1. The lowest BCUT2D eigenvalue weighted by Gasteiger charge is -2.34. The Kier molecular flexibility index (Phi) is 7.89. The first-order valence-corrected chi connectivity index (χ1v) is 11.5. The Labute approximate surface area is 205 Å². The number of carbonyl (C=O) groups is 3. The number of hydrogen-bond donors (Lipinski definition) is 3. The van der Waals surface area contributed by atoms with Gasteiger partial charge in [0.05, 0.1) is 7.11 Å². The van der Waals surface area contributed by atoms with Gasteiger partial charge in [-0.25, -0.2) is 4.79 Å². The van der Waals surface area contributed by atoms with Crippen LogP contribution >= 0.6 is 0 Å². The number of ether oxygens (including phenoxy) is 2. The number of hydrogen-bond acceptors (Lipinski definition) is 6. The third-order valence-corrected chi connectivity index (χ3v) is 5.41. The van der Waals surface area contributed by atoms with E-state index in [-0.39, 0.29) is 11.8 Å². The zero-order chi connectivity index (χ0) is 25.8. The topological polar surface area (TPSA) is 117 Å². The molecule has 1 fully saturated rings. The minimum Gasteiger partial charge on any atom is -0.508 e. The summed E-state index contributed by atoms with van der Waals surface area (Å²) in [5.74, 6) is -0.399. The Morgan fingerprint density at radius 2 is 1.69 bits per heavy atom. The number of benzene rings is 2. The van der Waals surface area contributed by atoms with Gasteiger partial charge < -0.3 is 30.1 Å². The van der Waals surface area contributed by atoms with Crippen LogP contribution in [0.3, 0.4) is 0 Å². The van der Waals surface area contributed by atoms with Crippen molar-refractivity contribution < 1.29 is 29.0 Å². The van der Waals surface area contributed by atoms with E-state index in [4.69, 9.17) is 9.47 Å². The van der Waals surface area contributed by atoms with Crippen LogP contribution in [0, 0.1) is 0 Å². The average Bonchev–Trinajstić information content (AvgIpc) is 3.62.